The van der Waals surface area contributed by atoms with Crippen molar-refractivity contribution in [3.8, 4) is 0 Å². The molecular weight excluding hydrogens is 368 g/mol. The largest absolute Gasteiger partial charge is 0.426 e. The number of nitrogens with one attached hydrogen (secondary N) is 1. The van der Waals surface area contributed by atoms with Crippen molar-refractivity contribution in [1.29, 1.82) is 0 Å². The molecule has 1 aromatic carbocycles. The van der Waals surface area contributed by atoms with E-state index in [4.69, 9.17) is 11.6 Å². The molecule has 0 spiro atoms. The first-order chi connectivity index (χ1) is 13.0. The maximum atomic E-state index is 12.3. The number of carbonyl (C=O) groups is 1. The molecule has 1 saturated heterocycles. The Morgan fingerprint density at radius 2 is 2.04 bits per heavy atom. The van der Waals surface area contributed by atoms with Gasteiger partial charge < -0.3 is 9.80 Å². The monoisotopic (exact) mass is 393 g/mol. The van der Waals surface area contributed by atoms with Crippen molar-refractivity contribution in [3.63, 3.8) is 0 Å². The molecule has 1 fully saturated rings. The highest BCUT2D eigenvalue weighted by atomic mass is 35.5. The van der Waals surface area contributed by atoms with Crippen LogP contribution in [0.3, 0.4) is 0 Å². The second kappa shape index (κ2) is 9.19. The van der Waals surface area contributed by atoms with Crippen LogP contribution in [-0.4, -0.2) is 54.2 Å². The molecule has 0 saturated carbocycles. The quantitative estimate of drug-likeness (QED) is 0.720. The van der Waals surface area contributed by atoms with Crippen molar-refractivity contribution in [3.05, 3.63) is 51.5 Å². The van der Waals surface area contributed by atoms with E-state index >= 15 is 0 Å². The van der Waals surface area contributed by atoms with Gasteiger partial charge in [0.05, 0.1) is 0 Å². The molecule has 1 N–H and O–H groups in total. The summed E-state index contributed by atoms with van der Waals surface area (Å²) in [5.74, 6) is 0.473. The number of benzene rings is 1. The number of amides is 1. The standard InChI is InChI=1S/C19H25ClN4O3/c1-22(18(25)13-24-14-19(26)27-21-24)12-16-7-10-23(11-8-16)9-6-15-2-4-17(20)5-3-15/h2-5,14,16H,6-13H2,1H3/p+1. The number of aromatic nitrogens is 2. The Morgan fingerprint density at radius 1 is 1.33 bits per heavy atom. The number of carbonyl (C=O) groups excluding carboxylic acids is 1. The van der Waals surface area contributed by atoms with E-state index in [9.17, 15) is 9.59 Å². The van der Waals surface area contributed by atoms with Crippen molar-refractivity contribution < 1.29 is 14.0 Å². The predicted octanol–water partition coefficient (Wildman–Crippen LogP) is 1.32. The minimum atomic E-state index is -0.489. The van der Waals surface area contributed by atoms with Crippen LogP contribution in [0, 0.1) is 5.92 Å². The smallest absolute Gasteiger partial charge is 0.340 e. The first-order valence-corrected chi connectivity index (χ1v) is 9.66. The third-order valence-corrected chi connectivity index (χ3v) is 5.38. The van der Waals surface area contributed by atoms with E-state index in [1.54, 1.807) is 4.90 Å². The van der Waals surface area contributed by atoms with Gasteiger partial charge in [-0.25, -0.2) is 4.79 Å². The first kappa shape index (κ1) is 19.6. The summed E-state index contributed by atoms with van der Waals surface area (Å²) in [6.45, 7) is 4.00. The van der Waals surface area contributed by atoms with E-state index < -0.39 is 5.63 Å². The molecule has 146 valence electrons. The Kier molecular flexibility index (Phi) is 6.68. The molecule has 27 heavy (non-hydrogen) atoms. The Bertz CT molecular complexity index is 794. The summed E-state index contributed by atoms with van der Waals surface area (Å²) in [4.78, 5) is 27.5. The van der Waals surface area contributed by atoms with Gasteiger partial charge in [-0.3, -0.25) is 9.32 Å². The zero-order chi connectivity index (χ0) is 19.2. The van der Waals surface area contributed by atoms with Gasteiger partial charge in [-0.05, 0) is 61.2 Å². The number of likely N-dealkylation sites (N-methyl/N-ethyl adjacent to an activating group) is 1. The van der Waals surface area contributed by atoms with Crippen LogP contribution in [0.2, 0.25) is 5.02 Å². The fourth-order valence-corrected chi connectivity index (χ4v) is 3.57. The van der Waals surface area contributed by atoms with Crippen molar-refractivity contribution in [2.75, 3.05) is 33.2 Å². The van der Waals surface area contributed by atoms with Crippen molar-refractivity contribution >= 4 is 17.5 Å². The third kappa shape index (κ3) is 5.94. The molecule has 0 unspecified atom stereocenters. The lowest BCUT2D eigenvalue weighted by molar-refractivity contribution is -0.751. The lowest BCUT2D eigenvalue weighted by Crippen LogP contribution is -2.46. The lowest BCUT2D eigenvalue weighted by Gasteiger charge is -2.33. The molecule has 8 heteroatoms. The van der Waals surface area contributed by atoms with Crippen molar-refractivity contribution in [2.45, 2.75) is 25.8 Å². The van der Waals surface area contributed by atoms with Gasteiger partial charge in [0.25, 0.3) is 18.6 Å². The predicted molar refractivity (Wildman–Crippen MR) is 101 cm³/mol. The minimum Gasteiger partial charge on any atom is -0.340 e. The summed E-state index contributed by atoms with van der Waals surface area (Å²) in [5, 5.41) is 3.17. The molecular formula is C19H26ClN4O3+. The molecule has 0 bridgehead atoms. The number of nitrogens with zero attached hydrogens (tertiary/aromatic N) is 3. The molecule has 2 aromatic rings. The number of piperidine rings is 1. The van der Waals surface area contributed by atoms with Crippen molar-refractivity contribution in [1.82, 2.24) is 15.1 Å². The summed E-state index contributed by atoms with van der Waals surface area (Å²) >= 11 is 5.93. The van der Waals surface area contributed by atoms with Gasteiger partial charge in [-0.2, -0.15) is 0 Å². The lowest BCUT2D eigenvalue weighted by atomic mass is 9.96. The molecule has 1 amide bonds. The van der Waals surface area contributed by atoms with Crippen LogP contribution in [0.15, 0.2) is 39.8 Å². The van der Waals surface area contributed by atoms with Gasteiger partial charge >= 0.3 is 5.63 Å². The second-order valence-electron chi connectivity index (χ2n) is 7.21. The van der Waals surface area contributed by atoms with Crippen LogP contribution in [0.25, 0.3) is 0 Å². The van der Waals surface area contributed by atoms with E-state index in [0.29, 0.717) is 5.92 Å². The molecule has 1 aliphatic rings. The van der Waals surface area contributed by atoms with Gasteiger partial charge in [-0.1, -0.05) is 28.4 Å². The molecule has 2 heterocycles. The highest BCUT2D eigenvalue weighted by Crippen LogP contribution is 2.19. The van der Waals surface area contributed by atoms with Gasteiger partial charge in [0.1, 0.15) is 0 Å². The molecule has 0 radical (unpaired) electrons. The summed E-state index contributed by atoms with van der Waals surface area (Å²) in [7, 11) is 1.81. The topological polar surface area (TPSA) is 73.4 Å². The Labute approximate surface area is 163 Å². The molecule has 7 nitrogen and oxygen atoms in total. The number of hydrogen-bond donors (Lipinski definition) is 1. The average Bonchev–Trinajstić information content (AvgIpc) is 3.07. The molecule has 3 rings (SSSR count). The number of H-pyrrole nitrogens is 1. The fraction of sp³-hybridized carbons (Fsp3) is 0.526. The molecule has 1 aromatic heterocycles. The van der Waals surface area contributed by atoms with Gasteiger partial charge in [0, 0.05) is 25.2 Å². The number of rotatable bonds is 7. The van der Waals surface area contributed by atoms with E-state index in [-0.39, 0.29) is 12.5 Å². The zero-order valence-corrected chi connectivity index (χ0v) is 16.3. The van der Waals surface area contributed by atoms with Crippen LogP contribution in [0.1, 0.15) is 18.4 Å². The summed E-state index contributed by atoms with van der Waals surface area (Å²) in [6.07, 6.45) is 4.45. The van der Waals surface area contributed by atoms with Crippen LogP contribution < -0.4 is 10.3 Å². The molecule has 1 aliphatic heterocycles. The summed E-state index contributed by atoms with van der Waals surface area (Å²) < 4.78 is 5.93. The SMILES string of the molecule is CN(CC1CCN(CCc2ccc(Cl)cc2)CC1)C(=O)C[n+]1cc(=O)o[nH]1. The summed E-state index contributed by atoms with van der Waals surface area (Å²) in [6, 6.07) is 8.04. The van der Waals surface area contributed by atoms with E-state index in [1.807, 2.05) is 19.2 Å². The molecule has 0 aliphatic carbocycles. The van der Waals surface area contributed by atoms with Crippen LogP contribution in [-0.2, 0) is 17.8 Å². The number of halogens is 1. The van der Waals surface area contributed by atoms with Crippen LogP contribution >= 0.6 is 11.6 Å². The second-order valence-corrected chi connectivity index (χ2v) is 7.64. The maximum Gasteiger partial charge on any atom is 0.426 e. The Hall–Kier alpha value is -2.12. The Balaban J connectivity index is 1.37. The highest BCUT2D eigenvalue weighted by molar-refractivity contribution is 6.30. The van der Waals surface area contributed by atoms with Crippen LogP contribution in [0.4, 0.5) is 0 Å². The fourth-order valence-electron chi connectivity index (χ4n) is 3.45. The van der Waals surface area contributed by atoms with E-state index in [1.165, 1.54) is 16.4 Å². The first-order valence-electron chi connectivity index (χ1n) is 9.28. The van der Waals surface area contributed by atoms with Crippen LogP contribution in [0.5, 0.6) is 0 Å². The van der Waals surface area contributed by atoms with Gasteiger partial charge in [-0.15, -0.1) is 0 Å². The zero-order valence-electron chi connectivity index (χ0n) is 15.6. The van der Waals surface area contributed by atoms with E-state index in [0.717, 1.165) is 50.5 Å². The average molecular weight is 394 g/mol. The van der Waals surface area contributed by atoms with Crippen molar-refractivity contribution in [2.24, 2.45) is 5.92 Å². The minimum absolute atomic E-state index is 0.0396. The van der Waals surface area contributed by atoms with Gasteiger partial charge in [0.2, 0.25) is 0 Å². The third-order valence-electron chi connectivity index (χ3n) is 5.13. The Morgan fingerprint density at radius 3 is 2.67 bits per heavy atom. The normalized spacial score (nSPS) is 15.8. The van der Waals surface area contributed by atoms with Gasteiger partial charge in [0.15, 0.2) is 0 Å². The van der Waals surface area contributed by atoms with E-state index in [2.05, 4.69) is 26.8 Å². The molecule has 0 atom stereocenters. The number of likely N-dealkylation sites (tertiary alicyclic amines) is 1. The summed E-state index contributed by atoms with van der Waals surface area (Å²) in [5.41, 5.74) is 0.818. The number of aromatic amines is 1. The highest BCUT2D eigenvalue weighted by Gasteiger charge is 2.24. The number of hydrogen-bond acceptors (Lipinski definition) is 4. The maximum absolute atomic E-state index is 12.3.